The molecule has 4 rings (SSSR count). The van der Waals surface area contributed by atoms with E-state index in [2.05, 4.69) is 0 Å². The van der Waals surface area contributed by atoms with E-state index in [1.807, 2.05) is 13.1 Å². The number of hydrogen-bond acceptors (Lipinski definition) is 7. The molecule has 5 N–H and O–H groups in total. The number of aliphatic hydroxyl groups excluding tert-OH is 2. The summed E-state index contributed by atoms with van der Waals surface area (Å²) in [6.45, 7) is 3.06. The number of carbonyl (C=O) groups excluding carboxylic acids is 1. The number of carboxylic acids is 1. The summed E-state index contributed by atoms with van der Waals surface area (Å²) in [7, 11) is -4.00. The number of imidazole rings is 1. The Hall–Kier alpha value is -2.36. The third kappa shape index (κ3) is 3.96. The monoisotopic (exact) mass is 500 g/mol. The fraction of sp³-hybridized carbons (Fsp3) is 0.526. The van der Waals surface area contributed by atoms with Crippen molar-refractivity contribution in [1.82, 2.24) is 13.6 Å². The maximum Gasteiger partial charge on any atom is 0.352 e. The number of nitrogens with zero attached hydrogens (tertiary/aromatic N) is 4. The zero-order valence-corrected chi connectivity index (χ0v) is 19.7. The van der Waals surface area contributed by atoms with Crippen LogP contribution in [0, 0.1) is 11.8 Å². The largest absolute Gasteiger partial charge is 0.477 e. The second-order valence-corrected chi connectivity index (χ2v) is 10.8. The molecule has 0 bridgehead atoms. The number of carboxylic acid groups (broad SMARTS) is 1. The van der Waals surface area contributed by atoms with Crippen molar-refractivity contribution in [3.05, 3.63) is 34.9 Å². The SMILES string of the molecule is C[C@@H](O)[C@H]1C(=O)N2C(C(=O)O)=C(C[n+]3cc4scc(CN(CCO)S(N)(=O)=O)n4c3)[C@H](C)[C@H]12. The van der Waals surface area contributed by atoms with Gasteiger partial charge < -0.3 is 20.2 Å². The molecule has 12 nitrogen and oxygen atoms in total. The molecule has 2 aromatic heterocycles. The quantitative estimate of drug-likeness (QED) is 0.239. The molecule has 1 saturated heterocycles. The van der Waals surface area contributed by atoms with Gasteiger partial charge in [-0.25, -0.2) is 14.5 Å². The number of carbonyl (C=O) groups is 2. The number of amides is 1. The molecule has 180 valence electrons. The minimum absolute atomic E-state index is 0.0338. The molecule has 1 fully saturated rings. The molecule has 14 heteroatoms. The highest BCUT2D eigenvalue weighted by Crippen LogP contribution is 2.47. The van der Waals surface area contributed by atoms with Crippen LogP contribution < -0.4 is 9.71 Å². The fourth-order valence-corrected chi connectivity index (χ4v) is 6.34. The molecule has 2 aliphatic rings. The Kier molecular flexibility index (Phi) is 6.09. The summed E-state index contributed by atoms with van der Waals surface area (Å²) in [6, 6.07) is -0.389. The molecule has 0 radical (unpaired) electrons. The molecular formula is C19H26N5O7S2+. The molecule has 33 heavy (non-hydrogen) atoms. The first-order valence-corrected chi connectivity index (χ1v) is 12.7. The number of aliphatic hydroxyl groups is 2. The summed E-state index contributed by atoms with van der Waals surface area (Å²) in [5.74, 6) is -2.45. The van der Waals surface area contributed by atoms with Crippen molar-refractivity contribution in [3.63, 3.8) is 0 Å². The first-order valence-electron chi connectivity index (χ1n) is 10.3. The predicted molar refractivity (Wildman–Crippen MR) is 116 cm³/mol. The maximum absolute atomic E-state index is 12.5. The van der Waals surface area contributed by atoms with Gasteiger partial charge in [-0.15, -0.1) is 0 Å². The lowest BCUT2D eigenvalue weighted by Gasteiger charge is -2.46. The second-order valence-electron chi connectivity index (χ2n) is 8.39. The van der Waals surface area contributed by atoms with Crippen LogP contribution in [0.4, 0.5) is 0 Å². The van der Waals surface area contributed by atoms with Crippen molar-refractivity contribution >= 4 is 38.3 Å². The fourth-order valence-electron chi connectivity index (χ4n) is 4.77. The van der Waals surface area contributed by atoms with Gasteiger partial charge >= 0.3 is 5.97 Å². The van der Waals surface area contributed by atoms with Crippen molar-refractivity contribution in [1.29, 1.82) is 0 Å². The van der Waals surface area contributed by atoms with Crippen molar-refractivity contribution in [3.8, 4) is 0 Å². The number of aromatic nitrogens is 2. The van der Waals surface area contributed by atoms with Gasteiger partial charge in [0, 0.05) is 23.4 Å². The topological polar surface area (TPSA) is 170 Å². The summed E-state index contributed by atoms with van der Waals surface area (Å²) in [5, 5.41) is 36.0. The molecule has 1 amide bonds. The standard InChI is InChI=1S/C19H25N5O7S2/c1-10-13(17(19(28)29)24-16(10)15(11(2)26)18(24)27)6-21-7-14-23(9-21)12(8-32-14)5-22(3-4-25)33(20,30)31/h7-11,15-16,25-26H,3-6H2,1-2H3,(H2-,20,28,29,30,31)/p+1/t10-,11+,15+,16+/m0/s1. The second kappa shape index (κ2) is 8.45. The Labute approximate surface area is 193 Å². The molecule has 4 heterocycles. The highest BCUT2D eigenvalue weighted by atomic mass is 32.2. The van der Waals surface area contributed by atoms with Crippen LogP contribution in [0.3, 0.4) is 0 Å². The van der Waals surface area contributed by atoms with Gasteiger partial charge in [-0.2, -0.15) is 17.1 Å². The first kappa shape index (κ1) is 23.8. The number of thiazole rings is 1. The number of aliphatic carboxylic acids is 1. The summed E-state index contributed by atoms with van der Waals surface area (Å²) in [5.41, 5.74) is 1.18. The van der Waals surface area contributed by atoms with Crippen molar-refractivity contribution < 1.29 is 37.9 Å². The van der Waals surface area contributed by atoms with Crippen LogP contribution in [0.25, 0.3) is 4.83 Å². The van der Waals surface area contributed by atoms with E-state index in [0.717, 1.165) is 9.14 Å². The van der Waals surface area contributed by atoms with Gasteiger partial charge in [-0.3, -0.25) is 4.79 Å². The van der Waals surface area contributed by atoms with Crippen LogP contribution in [-0.4, -0.2) is 74.5 Å². The van der Waals surface area contributed by atoms with Crippen LogP contribution in [0.1, 0.15) is 19.5 Å². The lowest BCUT2D eigenvalue weighted by Crippen LogP contribution is -2.63. The van der Waals surface area contributed by atoms with Crippen LogP contribution in [0.15, 0.2) is 29.2 Å². The van der Waals surface area contributed by atoms with E-state index in [1.54, 1.807) is 20.7 Å². The van der Waals surface area contributed by atoms with Gasteiger partial charge in [0.05, 0.1) is 31.2 Å². The molecule has 0 unspecified atom stereocenters. The lowest BCUT2D eigenvalue weighted by atomic mass is 9.78. The van der Waals surface area contributed by atoms with Crippen molar-refractivity contribution in [2.45, 2.75) is 39.1 Å². The van der Waals surface area contributed by atoms with E-state index in [-0.39, 0.29) is 49.8 Å². The summed E-state index contributed by atoms with van der Waals surface area (Å²) in [6.07, 6.45) is 2.67. The number of rotatable bonds is 9. The van der Waals surface area contributed by atoms with Crippen LogP contribution >= 0.6 is 11.3 Å². The molecule has 2 aromatic rings. The summed E-state index contributed by atoms with van der Waals surface area (Å²) < 4.78 is 28.1. The van der Waals surface area contributed by atoms with Crippen molar-refractivity contribution in [2.75, 3.05) is 13.2 Å². The molecule has 0 aliphatic carbocycles. The third-order valence-corrected chi connectivity index (χ3v) is 8.29. The minimum atomic E-state index is -4.00. The van der Waals surface area contributed by atoms with E-state index < -0.39 is 28.2 Å². The van der Waals surface area contributed by atoms with E-state index in [0.29, 0.717) is 11.3 Å². The number of nitrogens with two attached hydrogens (primary N) is 1. The average molecular weight is 501 g/mol. The molecular weight excluding hydrogens is 474 g/mol. The molecule has 0 saturated carbocycles. The Balaban J connectivity index is 1.63. The van der Waals surface area contributed by atoms with E-state index in [9.17, 15) is 28.2 Å². The number of hydrogen-bond donors (Lipinski definition) is 4. The van der Waals surface area contributed by atoms with E-state index in [1.165, 1.54) is 23.2 Å². The highest BCUT2D eigenvalue weighted by Gasteiger charge is 2.60. The normalized spacial score (nSPS) is 24.0. The summed E-state index contributed by atoms with van der Waals surface area (Å²) >= 11 is 1.38. The third-order valence-electron chi connectivity index (χ3n) is 6.32. The Bertz CT molecular complexity index is 1250. The van der Waals surface area contributed by atoms with Gasteiger partial charge in [0.15, 0.2) is 0 Å². The minimum Gasteiger partial charge on any atom is -0.477 e. The van der Waals surface area contributed by atoms with Gasteiger partial charge in [0.2, 0.25) is 17.1 Å². The highest BCUT2D eigenvalue weighted by molar-refractivity contribution is 7.86. The van der Waals surface area contributed by atoms with Crippen molar-refractivity contribution in [2.24, 2.45) is 17.0 Å². The van der Waals surface area contributed by atoms with Gasteiger partial charge in [0.25, 0.3) is 10.2 Å². The maximum atomic E-state index is 12.5. The average Bonchev–Trinajstić information content (AvgIpc) is 3.33. The molecule has 0 spiro atoms. The van der Waals surface area contributed by atoms with E-state index in [4.69, 9.17) is 10.2 Å². The van der Waals surface area contributed by atoms with Crippen LogP contribution in [0.2, 0.25) is 0 Å². The molecule has 2 aliphatic heterocycles. The zero-order chi connectivity index (χ0) is 24.2. The Morgan fingerprint density at radius 3 is 2.70 bits per heavy atom. The van der Waals surface area contributed by atoms with Gasteiger partial charge in [-0.1, -0.05) is 18.3 Å². The predicted octanol–water partition coefficient (Wildman–Crippen LogP) is -1.52. The van der Waals surface area contributed by atoms with Crippen LogP contribution in [-0.2, 0) is 32.9 Å². The number of β-lactam (4-membered cyclic amide) rings is 1. The van der Waals surface area contributed by atoms with Crippen LogP contribution in [0.5, 0.6) is 0 Å². The smallest absolute Gasteiger partial charge is 0.352 e. The van der Waals surface area contributed by atoms with Gasteiger partial charge in [-0.05, 0) is 6.92 Å². The van der Waals surface area contributed by atoms with Gasteiger partial charge in [0.1, 0.15) is 24.1 Å². The Morgan fingerprint density at radius 1 is 1.42 bits per heavy atom. The van der Waals surface area contributed by atoms with E-state index >= 15 is 0 Å². The number of fused-ring (bicyclic) bond motifs is 2. The lowest BCUT2D eigenvalue weighted by molar-refractivity contribution is -0.688. The zero-order valence-electron chi connectivity index (χ0n) is 18.0. The Morgan fingerprint density at radius 2 is 2.12 bits per heavy atom. The first-order chi connectivity index (χ1) is 15.5. The molecule has 0 aromatic carbocycles. The molecule has 4 atom stereocenters. The summed E-state index contributed by atoms with van der Waals surface area (Å²) in [4.78, 5) is 26.6.